The predicted octanol–water partition coefficient (Wildman–Crippen LogP) is 4.08. The molecule has 2 amide bonds. The number of alkyl carbamates (subject to hydrolysis) is 1. The molecule has 0 bridgehead atoms. The van der Waals surface area contributed by atoms with Crippen LogP contribution in [-0.4, -0.2) is 68.6 Å². The number of nitrogens with one attached hydrogen (secondary N) is 2. The Bertz CT molecular complexity index is 805. The molecular formula is C28H48N2O8. The number of hydrogen-bond donors (Lipinski definition) is 2. The fourth-order valence-electron chi connectivity index (χ4n) is 3.42. The van der Waals surface area contributed by atoms with Gasteiger partial charge in [0, 0.05) is 30.8 Å². The minimum Gasteiger partial charge on any atom is -0.458 e. The van der Waals surface area contributed by atoms with Crippen molar-refractivity contribution in [1.82, 2.24) is 10.6 Å². The lowest BCUT2D eigenvalue weighted by molar-refractivity contribution is -0.147. The zero-order chi connectivity index (χ0) is 29.5. The number of carbonyl (C=O) groups is 4. The van der Waals surface area contributed by atoms with Crippen molar-refractivity contribution in [3.05, 3.63) is 24.3 Å². The van der Waals surface area contributed by atoms with Gasteiger partial charge in [-0.2, -0.15) is 0 Å². The maximum atomic E-state index is 12.4. The van der Waals surface area contributed by atoms with Gasteiger partial charge in [-0.25, -0.2) is 14.4 Å². The predicted molar refractivity (Wildman–Crippen MR) is 145 cm³/mol. The quantitative estimate of drug-likeness (QED) is 0.151. The zero-order valence-electron chi connectivity index (χ0n) is 24.5. The van der Waals surface area contributed by atoms with Crippen molar-refractivity contribution in [3.63, 3.8) is 0 Å². The third-order valence-corrected chi connectivity index (χ3v) is 5.57. The molecule has 218 valence electrons. The summed E-state index contributed by atoms with van der Waals surface area (Å²) in [7, 11) is 0. The second-order valence-electron chi connectivity index (χ2n) is 11.0. The average Bonchev–Trinajstić information content (AvgIpc) is 2.81. The van der Waals surface area contributed by atoms with E-state index in [0.717, 1.165) is 12.8 Å². The molecule has 0 rings (SSSR count). The lowest BCUT2D eigenvalue weighted by Gasteiger charge is -2.30. The molecule has 1 atom stereocenters. The van der Waals surface area contributed by atoms with Crippen LogP contribution >= 0.6 is 0 Å². The summed E-state index contributed by atoms with van der Waals surface area (Å²) in [6, 6.07) is 0. The van der Waals surface area contributed by atoms with Crippen LogP contribution < -0.4 is 10.6 Å². The van der Waals surface area contributed by atoms with E-state index in [2.05, 4.69) is 44.6 Å². The third-order valence-electron chi connectivity index (χ3n) is 5.57. The number of rotatable bonds is 18. The molecule has 0 aromatic heterocycles. The van der Waals surface area contributed by atoms with Crippen molar-refractivity contribution in [2.24, 2.45) is 11.3 Å². The molecule has 0 aromatic rings. The molecule has 0 aromatic carbocycles. The second kappa shape index (κ2) is 16.9. The van der Waals surface area contributed by atoms with Gasteiger partial charge in [0.1, 0.15) is 18.8 Å². The van der Waals surface area contributed by atoms with Gasteiger partial charge >= 0.3 is 18.0 Å². The molecule has 1 unspecified atom stereocenters. The highest BCUT2D eigenvalue weighted by Gasteiger charge is 2.29. The van der Waals surface area contributed by atoms with Crippen LogP contribution in [0.25, 0.3) is 0 Å². The van der Waals surface area contributed by atoms with Gasteiger partial charge in [0.25, 0.3) is 5.91 Å². The van der Waals surface area contributed by atoms with E-state index in [1.165, 1.54) is 13.8 Å². The van der Waals surface area contributed by atoms with E-state index in [1.54, 1.807) is 13.8 Å². The number of carbonyl (C=O) groups excluding carboxylic acids is 4. The molecule has 0 heterocycles. The summed E-state index contributed by atoms with van der Waals surface area (Å²) in [6.07, 6.45) is 0.596. The first kappa shape index (κ1) is 35.1. The standard InChI is InChI=1S/C28H48N2O8/c1-11-14-37-28(9,10)25(33)30-16-21(6)15-27(7,8)12-13-29-26(34)38-22(17-35-23(31)19(2)3)18-36-24(32)20(4)5/h21-22H,2,4,11-18H2,1,3,5-10H3,(H,29,34)(H,30,33). The molecule has 38 heavy (non-hydrogen) atoms. The summed E-state index contributed by atoms with van der Waals surface area (Å²) in [5.41, 5.74) is -0.619. The fourth-order valence-corrected chi connectivity index (χ4v) is 3.42. The Morgan fingerprint density at radius 3 is 1.89 bits per heavy atom. The Labute approximate surface area is 227 Å². The lowest BCUT2D eigenvalue weighted by atomic mass is 9.80. The highest BCUT2D eigenvalue weighted by Crippen LogP contribution is 2.28. The highest BCUT2D eigenvalue weighted by molar-refractivity contribution is 5.87. The van der Waals surface area contributed by atoms with Gasteiger partial charge in [0.05, 0.1) is 0 Å². The van der Waals surface area contributed by atoms with Crippen LogP contribution in [0.2, 0.25) is 0 Å². The molecule has 0 aliphatic heterocycles. The van der Waals surface area contributed by atoms with Gasteiger partial charge in [-0.05, 0) is 58.3 Å². The van der Waals surface area contributed by atoms with Gasteiger partial charge in [-0.15, -0.1) is 0 Å². The lowest BCUT2D eigenvalue weighted by Crippen LogP contribution is -2.46. The normalized spacial score (nSPS) is 12.3. The summed E-state index contributed by atoms with van der Waals surface area (Å²) >= 11 is 0. The number of ether oxygens (including phenoxy) is 4. The van der Waals surface area contributed by atoms with Crippen LogP contribution in [0.5, 0.6) is 0 Å². The molecule has 0 radical (unpaired) electrons. The van der Waals surface area contributed by atoms with E-state index in [9.17, 15) is 19.2 Å². The highest BCUT2D eigenvalue weighted by atomic mass is 16.6. The van der Waals surface area contributed by atoms with E-state index in [4.69, 9.17) is 18.9 Å². The van der Waals surface area contributed by atoms with Crippen LogP contribution in [0.1, 0.15) is 74.7 Å². The summed E-state index contributed by atoms with van der Waals surface area (Å²) in [5, 5.41) is 5.66. The van der Waals surface area contributed by atoms with Crippen LogP contribution in [0.4, 0.5) is 4.79 Å². The summed E-state index contributed by atoms with van der Waals surface area (Å²) in [6.45, 7) is 22.5. The van der Waals surface area contributed by atoms with Gasteiger partial charge in [0.2, 0.25) is 0 Å². The molecule has 0 spiro atoms. The van der Waals surface area contributed by atoms with Crippen LogP contribution in [0.3, 0.4) is 0 Å². The SMILES string of the molecule is C=C(C)C(=O)OCC(COC(=O)C(=C)C)OC(=O)NCCC(C)(C)CC(C)CNC(=O)C(C)(C)OCCC. The van der Waals surface area contributed by atoms with Gasteiger partial charge in [0.15, 0.2) is 6.10 Å². The topological polar surface area (TPSA) is 129 Å². The van der Waals surface area contributed by atoms with E-state index in [-0.39, 0.29) is 41.6 Å². The zero-order valence-corrected chi connectivity index (χ0v) is 24.5. The summed E-state index contributed by atoms with van der Waals surface area (Å²) < 4.78 is 21.0. The van der Waals surface area contributed by atoms with Crippen LogP contribution in [-0.2, 0) is 33.3 Å². The van der Waals surface area contributed by atoms with Crippen molar-refractivity contribution in [2.45, 2.75) is 86.4 Å². The van der Waals surface area contributed by atoms with Crippen molar-refractivity contribution < 1.29 is 38.1 Å². The Morgan fingerprint density at radius 2 is 1.42 bits per heavy atom. The maximum Gasteiger partial charge on any atom is 0.407 e. The van der Waals surface area contributed by atoms with E-state index in [0.29, 0.717) is 26.1 Å². The molecule has 2 N–H and O–H groups in total. The smallest absolute Gasteiger partial charge is 0.407 e. The van der Waals surface area contributed by atoms with Gasteiger partial charge in [-0.1, -0.05) is 40.9 Å². The molecule has 10 nitrogen and oxygen atoms in total. The fraction of sp³-hybridized carbons (Fsp3) is 0.714. The van der Waals surface area contributed by atoms with Crippen molar-refractivity contribution in [1.29, 1.82) is 0 Å². The van der Waals surface area contributed by atoms with E-state index >= 15 is 0 Å². The van der Waals surface area contributed by atoms with Crippen LogP contribution in [0.15, 0.2) is 24.3 Å². The minimum absolute atomic E-state index is 0.126. The Kier molecular flexibility index (Phi) is 15.6. The number of hydrogen-bond acceptors (Lipinski definition) is 8. The summed E-state index contributed by atoms with van der Waals surface area (Å²) in [4.78, 5) is 48.2. The first-order valence-corrected chi connectivity index (χ1v) is 13.0. The monoisotopic (exact) mass is 540 g/mol. The first-order valence-electron chi connectivity index (χ1n) is 13.0. The van der Waals surface area contributed by atoms with Gasteiger partial charge in [-0.3, -0.25) is 4.79 Å². The largest absolute Gasteiger partial charge is 0.458 e. The van der Waals surface area contributed by atoms with Crippen LogP contribution in [0, 0.1) is 11.3 Å². The number of esters is 2. The average molecular weight is 541 g/mol. The Hall–Kier alpha value is -2.88. The van der Waals surface area contributed by atoms with Crippen molar-refractivity contribution in [2.75, 3.05) is 32.9 Å². The van der Waals surface area contributed by atoms with E-state index < -0.39 is 29.7 Å². The molecule has 0 saturated heterocycles. The van der Waals surface area contributed by atoms with Crippen molar-refractivity contribution in [3.8, 4) is 0 Å². The molecule has 0 aliphatic carbocycles. The molecule has 10 heteroatoms. The molecule has 0 saturated carbocycles. The Balaban J connectivity index is 4.68. The second-order valence-corrected chi connectivity index (χ2v) is 11.0. The van der Waals surface area contributed by atoms with Crippen molar-refractivity contribution >= 4 is 23.9 Å². The first-order chi connectivity index (χ1) is 17.5. The molecule has 0 aliphatic rings. The Morgan fingerprint density at radius 1 is 0.895 bits per heavy atom. The van der Waals surface area contributed by atoms with E-state index in [1.807, 2.05) is 6.92 Å². The minimum atomic E-state index is -0.996. The molecule has 0 fully saturated rings. The number of amides is 2. The molecular weight excluding hydrogens is 492 g/mol. The third kappa shape index (κ3) is 15.4. The summed E-state index contributed by atoms with van der Waals surface area (Å²) in [5.74, 6) is -1.22. The maximum absolute atomic E-state index is 12.4. The van der Waals surface area contributed by atoms with Gasteiger partial charge < -0.3 is 29.6 Å².